The topological polar surface area (TPSA) is 36.4 Å². The first-order valence-electron chi connectivity index (χ1n) is 7.06. The lowest BCUT2D eigenvalue weighted by atomic mass is 9.94. The Morgan fingerprint density at radius 2 is 2.30 bits per heavy atom. The minimum Gasteiger partial charge on any atom is -0.357 e. The number of rotatable bonds is 5. The van der Waals surface area contributed by atoms with Crippen molar-refractivity contribution in [3.8, 4) is 0 Å². The summed E-state index contributed by atoms with van der Waals surface area (Å²) in [4.78, 5) is 4.62. The minimum atomic E-state index is 0. The van der Waals surface area contributed by atoms with Gasteiger partial charge in [-0.25, -0.2) is 4.99 Å². The fraction of sp³-hybridized carbons (Fsp3) is 0.533. The van der Waals surface area contributed by atoms with Gasteiger partial charge >= 0.3 is 0 Å². The van der Waals surface area contributed by atoms with Crippen molar-refractivity contribution in [1.82, 2.24) is 10.6 Å². The van der Waals surface area contributed by atoms with Gasteiger partial charge in [0, 0.05) is 13.1 Å². The van der Waals surface area contributed by atoms with E-state index in [9.17, 15) is 0 Å². The number of allylic oxidation sites excluding steroid dienone is 2. The van der Waals surface area contributed by atoms with Crippen molar-refractivity contribution in [3.63, 3.8) is 0 Å². The predicted octanol–water partition coefficient (Wildman–Crippen LogP) is 3.78. The third-order valence-corrected chi connectivity index (χ3v) is 4.01. The Labute approximate surface area is 143 Å². The molecule has 5 heteroatoms. The maximum atomic E-state index is 4.62. The van der Waals surface area contributed by atoms with Crippen LogP contribution in [-0.4, -0.2) is 19.0 Å². The minimum absolute atomic E-state index is 0. The molecule has 0 aliphatic heterocycles. The third-order valence-electron chi connectivity index (χ3n) is 3.28. The van der Waals surface area contributed by atoms with Crippen LogP contribution in [0.5, 0.6) is 0 Å². The number of halogens is 1. The van der Waals surface area contributed by atoms with Gasteiger partial charge in [0.25, 0.3) is 0 Å². The lowest BCUT2D eigenvalue weighted by Gasteiger charge is -2.20. The van der Waals surface area contributed by atoms with E-state index in [2.05, 4.69) is 51.5 Å². The molecular weight excluding hydrogens is 381 g/mol. The Balaban J connectivity index is 0.00000200. The second-order valence-electron chi connectivity index (χ2n) is 4.86. The van der Waals surface area contributed by atoms with E-state index in [1.54, 1.807) is 11.3 Å². The number of nitrogens with one attached hydrogen (secondary N) is 2. The SMILES string of the molecule is CCNC(=NCc1ccsc1)NCC1CC=CCC1.I. The summed E-state index contributed by atoms with van der Waals surface area (Å²) in [5.74, 6) is 1.68. The number of hydrogen-bond acceptors (Lipinski definition) is 2. The van der Waals surface area contributed by atoms with Crippen molar-refractivity contribution in [2.45, 2.75) is 32.7 Å². The van der Waals surface area contributed by atoms with Crippen LogP contribution in [0.3, 0.4) is 0 Å². The van der Waals surface area contributed by atoms with Crippen LogP contribution in [0.2, 0.25) is 0 Å². The Hall–Kier alpha value is -0.560. The zero-order valence-electron chi connectivity index (χ0n) is 12.0. The molecule has 1 atom stereocenters. The number of aliphatic imine (C=N–C) groups is 1. The first kappa shape index (κ1) is 17.5. The van der Waals surface area contributed by atoms with Crippen LogP contribution < -0.4 is 10.6 Å². The average molecular weight is 405 g/mol. The van der Waals surface area contributed by atoms with Crippen LogP contribution in [-0.2, 0) is 6.54 Å². The zero-order chi connectivity index (χ0) is 13.3. The Morgan fingerprint density at radius 3 is 2.95 bits per heavy atom. The summed E-state index contributed by atoms with van der Waals surface area (Å²) in [6, 6.07) is 2.13. The van der Waals surface area contributed by atoms with Crippen molar-refractivity contribution in [2.75, 3.05) is 13.1 Å². The van der Waals surface area contributed by atoms with Gasteiger partial charge in [0.05, 0.1) is 6.54 Å². The van der Waals surface area contributed by atoms with E-state index in [0.717, 1.165) is 31.5 Å². The zero-order valence-corrected chi connectivity index (χ0v) is 15.1. The molecule has 1 unspecified atom stereocenters. The molecule has 2 rings (SSSR count). The highest BCUT2D eigenvalue weighted by Crippen LogP contribution is 2.16. The summed E-state index contributed by atoms with van der Waals surface area (Å²) in [6.07, 6.45) is 8.27. The highest BCUT2D eigenvalue weighted by molar-refractivity contribution is 14.0. The van der Waals surface area contributed by atoms with Crippen molar-refractivity contribution in [2.24, 2.45) is 10.9 Å². The maximum absolute atomic E-state index is 4.62. The van der Waals surface area contributed by atoms with Gasteiger partial charge in [-0.3, -0.25) is 0 Å². The van der Waals surface area contributed by atoms with Gasteiger partial charge in [0.15, 0.2) is 5.96 Å². The van der Waals surface area contributed by atoms with E-state index in [4.69, 9.17) is 0 Å². The summed E-state index contributed by atoms with van der Waals surface area (Å²) in [5, 5.41) is 11.0. The van der Waals surface area contributed by atoms with Gasteiger partial charge in [-0.15, -0.1) is 24.0 Å². The van der Waals surface area contributed by atoms with E-state index in [1.165, 1.54) is 24.8 Å². The van der Waals surface area contributed by atoms with Gasteiger partial charge in [0.1, 0.15) is 0 Å². The molecule has 1 aliphatic rings. The summed E-state index contributed by atoms with van der Waals surface area (Å²) in [5.41, 5.74) is 1.28. The molecule has 0 aromatic carbocycles. The summed E-state index contributed by atoms with van der Waals surface area (Å²) < 4.78 is 0. The molecular formula is C15H24IN3S. The van der Waals surface area contributed by atoms with Crippen LogP contribution in [0.15, 0.2) is 34.0 Å². The fourth-order valence-electron chi connectivity index (χ4n) is 2.18. The number of nitrogens with zero attached hydrogens (tertiary/aromatic N) is 1. The standard InChI is InChI=1S/C15H23N3S.HI/c1-2-16-15(18-11-14-8-9-19-12-14)17-10-13-6-4-3-5-7-13;/h3-4,8-9,12-13H,2,5-7,10-11H2,1H3,(H2,16,17,18);1H. The molecule has 1 aromatic heterocycles. The fourth-order valence-corrected chi connectivity index (χ4v) is 2.84. The third kappa shape index (κ3) is 6.26. The Morgan fingerprint density at radius 1 is 1.40 bits per heavy atom. The van der Waals surface area contributed by atoms with Crippen LogP contribution in [0.25, 0.3) is 0 Å². The van der Waals surface area contributed by atoms with Gasteiger partial charge < -0.3 is 10.6 Å². The summed E-state index contributed by atoms with van der Waals surface area (Å²) >= 11 is 1.72. The van der Waals surface area contributed by atoms with Gasteiger partial charge in [-0.1, -0.05) is 12.2 Å². The molecule has 1 heterocycles. The summed E-state index contributed by atoms with van der Waals surface area (Å²) in [7, 11) is 0. The van der Waals surface area contributed by atoms with E-state index < -0.39 is 0 Å². The van der Waals surface area contributed by atoms with E-state index in [0.29, 0.717) is 0 Å². The molecule has 1 aromatic rings. The van der Waals surface area contributed by atoms with E-state index >= 15 is 0 Å². The Bertz CT molecular complexity index is 415. The van der Waals surface area contributed by atoms with Gasteiger partial charge in [-0.05, 0) is 54.5 Å². The molecule has 0 saturated carbocycles. The lowest BCUT2D eigenvalue weighted by Crippen LogP contribution is -2.39. The van der Waals surface area contributed by atoms with Crippen molar-refractivity contribution in [3.05, 3.63) is 34.5 Å². The molecule has 20 heavy (non-hydrogen) atoms. The molecule has 0 spiro atoms. The van der Waals surface area contributed by atoms with Crippen molar-refractivity contribution in [1.29, 1.82) is 0 Å². The first-order chi connectivity index (χ1) is 9.38. The molecule has 1 aliphatic carbocycles. The highest BCUT2D eigenvalue weighted by Gasteiger charge is 2.10. The lowest BCUT2D eigenvalue weighted by molar-refractivity contribution is 0.469. The molecule has 0 radical (unpaired) electrons. The quantitative estimate of drug-likeness (QED) is 0.339. The number of guanidine groups is 1. The van der Waals surface area contributed by atoms with E-state index in [1.807, 2.05) is 0 Å². The molecule has 2 N–H and O–H groups in total. The molecule has 112 valence electrons. The van der Waals surface area contributed by atoms with E-state index in [-0.39, 0.29) is 24.0 Å². The van der Waals surface area contributed by atoms with Crippen LogP contribution >= 0.6 is 35.3 Å². The first-order valence-corrected chi connectivity index (χ1v) is 8.01. The summed E-state index contributed by atoms with van der Waals surface area (Å²) in [6.45, 7) is 4.77. The Kier molecular flexibility index (Phi) is 8.93. The maximum Gasteiger partial charge on any atom is 0.191 e. The molecule has 0 saturated heterocycles. The normalized spacial score (nSPS) is 18.4. The van der Waals surface area contributed by atoms with Gasteiger partial charge in [-0.2, -0.15) is 11.3 Å². The number of thiophene rings is 1. The smallest absolute Gasteiger partial charge is 0.191 e. The number of hydrogen-bond donors (Lipinski definition) is 2. The second-order valence-corrected chi connectivity index (χ2v) is 5.64. The average Bonchev–Trinajstić information content (AvgIpc) is 2.96. The highest BCUT2D eigenvalue weighted by atomic mass is 127. The largest absolute Gasteiger partial charge is 0.357 e. The van der Waals surface area contributed by atoms with Crippen molar-refractivity contribution >= 4 is 41.3 Å². The molecule has 0 bridgehead atoms. The van der Waals surface area contributed by atoms with Crippen LogP contribution in [0.4, 0.5) is 0 Å². The monoisotopic (exact) mass is 405 g/mol. The predicted molar refractivity (Wildman–Crippen MR) is 99.0 cm³/mol. The van der Waals surface area contributed by atoms with Crippen molar-refractivity contribution < 1.29 is 0 Å². The van der Waals surface area contributed by atoms with Crippen LogP contribution in [0.1, 0.15) is 31.7 Å². The molecule has 0 fully saturated rings. The molecule has 0 amide bonds. The molecule has 3 nitrogen and oxygen atoms in total. The van der Waals surface area contributed by atoms with Gasteiger partial charge in [0.2, 0.25) is 0 Å². The van der Waals surface area contributed by atoms with Crippen LogP contribution in [0, 0.1) is 5.92 Å². The second kappa shape index (κ2) is 10.2.